The molecule has 0 saturated carbocycles. The highest BCUT2D eigenvalue weighted by atomic mass is 35.5. The Labute approximate surface area is 105 Å². The lowest BCUT2D eigenvalue weighted by molar-refractivity contribution is -0.139. The molecule has 94 valence electrons. The predicted molar refractivity (Wildman–Crippen MR) is 64.9 cm³/mol. The maximum atomic E-state index is 13.1. The number of benzene rings is 1. The number of methoxy groups -OCH3 is 1. The highest BCUT2D eigenvalue weighted by Gasteiger charge is 2.09. The lowest BCUT2D eigenvalue weighted by Crippen LogP contribution is -2.20. The molecule has 0 radical (unpaired) electrons. The van der Waals surface area contributed by atoms with Gasteiger partial charge < -0.3 is 9.26 Å². The second kappa shape index (κ2) is 6.74. The summed E-state index contributed by atoms with van der Waals surface area (Å²) in [5.74, 6) is -0.566. The van der Waals surface area contributed by atoms with Crippen LogP contribution in [-0.4, -0.2) is 26.3 Å². The van der Waals surface area contributed by atoms with E-state index in [0.717, 1.165) is 0 Å². The summed E-state index contributed by atoms with van der Waals surface area (Å²) < 4.78 is 23.0. The zero-order chi connectivity index (χ0) is 12.8. The van der Waals surface area contributed by atoms with E-state index in [0.29, 0.717) is 5.75 Å². The standard InChI is InChI=1S/C10H12ClFNO3P/c1-15-10(14)6-13-17(2)16-7-3-4-8(11)9(12)5-7/h3-5,13H,6H2,1-2H3. The van der Waals surface area contributed by atoms with Crippen LogP contribution in [0.1, 0.15) is 0 Å². The minimum Gasteiger partial charge on any atom is -0.468 e. The summed E-state index contributed by atoms with van der Waals surface area (Å²) in [6.45, 7) is 1.81. The minimum atomic E-state index is -1.08. The Kier molecular flexibility index (Phi) is 5.62. The highest BCUT2D eigenvalue weighted by molar-refractivity contribution is 7.49. The van der Waals surface area contributed by atoms with Gasteiger partial charge in [0.1, 0.15) is 18.1 Å². The summed E-state index contributed by atoms with van der Waals surface area (Å²) in [6.07, 6.45) is 0. The number of nitrogens with one attached hydrogen (secondary N) is 1. The molecule has 1 aromatic rings. The first-order valence-corrected chi connectivity index (χ1v) is 6.78. The van der Waals surface area contributed by atoms with Gasteiger partial charge in [0.15, 0.2) is 8.30 Å². The van der Waals surface area contributed by atoms with Crippen LogP contribution >= 0.6 is 19.9 Å². The zero-order valence-corrected chi connectivity index (χ0v) is 11.0. The number of rotatable bonds is 5. The van der Waals surface area contributed by atoms with E-state index < -0.39 is 14.1 Å². The van der Waals surface area contributed by atoms with Gasteiger partial charge in [0.25, 0.3) is 0 Å². The van der Waals surface area contributed by atoms with Crippen LogP contribution in [0.4, 0.5) is 4.39 Å². The minimum absolute atomic E-state index is 0.0419. The Morgan fingerprint density at radius 1 is 1.59 bits per heavy atom. The monoisotopic (exact) mass is 279 g/mol. The van der Waals surface area contributed by atoms with Gasteiger partial charge in [-0.25, -0.2) is 4.39 Å². The van der Waals surface area contributed by atoms with Crippen molar-refractivity contribution in [3.8, 4) is 5.75 Å². The maximum Gasteiger partial charge on any atom is 0.320 e. The van der Waals surface area contributed by atoms with Gasteiger partial charge >= 0.3 is 5.97 Å². The third-order valence-electron chi connectivity index (χ3n) is 1.81. The van der Waals surface area contributed by atoms with Crippen molar-refractivity contribution in [3.63, 3.8) is 0 Å². The van der Waals surface area contributed by atoms with E-state index in [4.69, 9.17) is 16.1 Å². The first kappa shape index (κ1) is 14.2. The van der Waals surface area contributed by atoms with Crippen LogP contribution in [0.5, 0.6) is 5.75 Å². The molecule has 0 aliphatic carbocycles. The Hall–Kier alpha value is -0.900. The summed E-state index contributed by atoms with van der Waals surface area (Å²) in [4.78, 5) is 10.9. The van der Waals surface area contributed by atoms with Gasteiger partial charge in [0.05, 0.1) is 12.1 Å². The molecule has 0 saturated heterocycles. The molecule has 0 spiro atoms. The average Bonchev–Trinajstić information content (AvgIpc) is 2.31. The fourth-order valence-corrected chi connectivity index (χ4v) is 1.94. The van der Waals surface area contributed by atoms with Crippen molar-refractivity contribution in [2.75, 3.05) is 20.3 Å². The third-order valence-corrected chi connectivity index (χ3v) is 3.20. The first-order chi connectivity index (χ1) is 8.02. The van der Waals surface area contributed by atoms with Crippen molar-refractivity contribution in [1.29, 1.82) is 0 Å². The Morgan fingerprint density at radius 2 is 2.29 bits per heavy atom. The van der Waals surface area contributed by atoms with Crippen molar-refractivity contribution >= 4 is 25.9 Å². The molecule has 1 rings (SSSR count). The molecule has 1 N–H and O–H groups in total. The van der Waals surface area contributed by atoms with Crippen molar-refractivity contribution < 1.29 is 18.4 Å². The summed E-state index contributed by atoms with van der Waals surface area (Å²) in [6, 6.07) is 4.17. The molecule has 0 bridgehead atoms. The van der Waals surface area contributed by atoms with E-state index in [1.54, 1.807) is 12.7 Å². The quantitative estimate of drug-likeness (QED) is 0.665. The van der Waals surface area contributed by atoms with Crippen LogP contribution < -0.4 is 9.61 Å². The maximum absolute atomic E-state index is 13.1. The molecule has 7 heteroatoms. The van der Waals surface area contributed by atoms with Gasteiger partial charge in [-0.05, 0) is 12.1 Å². The molecule has 17 heavy (non-hydrogen) atoms. The number of esters is 1. The van der Waals surface area contributed by atoms with Crippen LogP contribution in [0.15, 0.2) is 18.2 Å². The normalized spacial score (nSPS) is 12.0. The van der Waals surface area contributed by atoms with E-state index in [1.807, 2.05) is 0 Å². The van der Waals surface area contributed by atoms with E-state index in [9.17, 15) is 9.18 Å². The molecule has 0 amide bonds. The van der Waals surface area contributed by atoms with Gasteiger partial charge in [-0.1, -0.05) is 11.6 Å². The molecular formula is C10H12ClFNO3P. The van der Waals surface area contributed by atoms with Gasteiger partial charge in [-0.15, -0.1) is 0 Å². The third kappa shape index (κ3) is 4.86. The lowest BCUT2D eigenvalue weighted by Gasteiger charge is -2.14. The molecule has 1 aromatic carbocycles. The number of hydrogen-bond donors (Lipinski definition) is 1. The van der Waals surface area contributed by atoms with Crippen molar-refractivity contribution in [3.05, 3.63) is 29.0 Å². The van der Waals surface area contributed by atoms with Crippen LogP contribution in [0.3, 0.4) is 0 Å². The number of hydrogen-bond acceptors (Lipinski definition) is 4. The van der Waals surface area contributed by atoms with Crippen molar-refractivity contribution in [1.82, 2.24) is 5.09 Å². The van der Waals surface area contributed by atoms with E-state index >= 15 is 0 Å². The van der Waals surface area contributed by atoms with E-state index in [2.05, 4.69) is 9.82 Å². The number of carbonyl (C=O) groups is 1. The van der Waals surface area contributed by atoms with Crippen molar-refractivity contribution in [2.24, 2.45) is 0 Å². The molecule has 1 unspecified atom stereocenters. The second-order valence-electron chi connectivity index (χ2n) is 3.08. The predicted octanol–water partition coefficient (Wildman–Crippen LogP) is 2.56. The summed E-state index contributed by atoms with van der Waals surface area (Å²) in [5, 5.41) is 2.87. The molecule has 0 aliphatic heterocycles. The fraction of sp³-hybridized carbons (Fsp3) is 0.300. The Balaban J connectivity index is 2.47. The van der Waals surface area contributed by atoms with E-state index in [1.165, 1.54) is 19.2 Å². The van der Waals surface area contributed by atoms with Gasteiger partial charge in [0, 0.05) is 12.7 Å². The molecule has 0 aliphatic rings. The van der Waals surface area contributed by atoms with Crippen molar-refractivity contribution in [2.45, 2.75) is 0 Å². The van der Waals surface area contributed by atoms with E-state index in [-0.39, 0.29) is 17.5 Å². The number of carbonyl (C=O) groups excluding carboxylic acids is 1. The summed E-state index contributed by atoms with van der Waals surface area (Å²) in [7, 11) is 0.225. The number of halogens is 2. The summed E-state index contributed by atoms with van der Waals surface area (Å²) >= 11 is 5.54. The van der Waals surface area contributed by atoms with Gasteiger partial charge in [-0.3, -0.25) is 9.88 Å². The van der Waals surface area contributed by atoms with Crippen LogP contribution in [0.2, 0.25) is 5.02 Å². The zero-order valence-electron chi connectivity index (χ0n) is 9.37. The second-order valence-corrected chi connectivity index (χ2v) is 4.98. The average molecular weight is 280 g/mol. The largest absolute Gasteiger partial charge is 0.468 e. The topological polar surface area (TPSA) is 47.6 Å². The first-order valence-electron chi connectivity index (χ1n) is 4.70. The summed E-state index contributed by atoms with van der Waals surface area (Å²) in [5.41, 5.74) is 0. The molecule has 0 fully saturated rings. The smallest absolute Gasteiger partial charge is 0.320 e. The van der Waals surface area contributed by atoms with Crippen LogP contribution in [0.25, 0.3) is 0 Å². The molecule has 0 heterocycles. The number of ether oxygens (including phenoxy) is 1. The molecular weight excluding hydrogens is 268 g/mol. The SMILES string of the molecule is COC(=O)CNP(C)Oc1ccc(Cl)c(F)c1. The fourth-order valence-electron chi connectivity index (χ4n) is 0.972. The van der Waals surface area contributed by atoms with Gasteiger partial charge in [-0.2, -0.15) is 0 Å². The Bertz CT molecular complexity index is 405. The Morgan fingerprint density at radius 3 is 2.88 bits per heavy atom. The van der Waals surface area contributed by atoms with Crippen LogP contribution in [0, 0.1) is 5.82 Å². The lowest BCUT2D eigenvalue weighted by atomic mass is 10.3. The highest BCUT2D eigenvalue weighted by Crippen LogP contribution is 2.31. The van der Waals surface area contributed by atoms with Crippen LogP contribution in [-0.2, 0) is 9.53 Å². The molecule has 0 aromatic heterocycles. The van der Waals surface area contributed by atoms with Gasteiger partial charge in [0.2, 0.25) is 0 Å². The molecule has 1 atom stereocenters. The molecule has 4 nitrogen and oxygen atoms in total.